The number of nitriles is 1. The quantitative estimate of drug-likeness (QED) is 0.665. The fraction of sp³-hybridized carbons (Fsp3) is 0.261. The molecule has 0 amide bonds. The Hall–Kier alpha value is -3.50. The molecule has 2 N–H and O–H groups in total. The standard InChI is InChI=1S/C23H22FN5O/c1-15(30)16-2-5-19(6-3-16)28-23-21-8-9-29(13-22(21)26-14-27-23)20-7-4-17(12-25)18(10-20)11-24/h2-7,10,14-15,30H,8-9,11,13H2,1H3,(H,26,27,28). The second-order valence-corrected chi connectivity index (χ2v) is 7.33. The molecule has 7 heteroatoms. The molecule has 1 aliphatic rings. The van der Waals surface area contributed by atoms with E-state index < -0.39 is 12.8 Å². The van der Waals surface area contributed by atoms with Gasteiger partial charge in [-0.2, -0.15) is 5.26 Å². The van der Waals surface area contributed by atoms with Gasteiger partial charge in [0.2, 0.25) is 0 Å². The van der Waals surface area contributed by atoms with Gasteiger partial charge in [0.15, 0.2) is 0 Å². The molecule has 30 heavy (non-hydrogen) atoms. The van der Waals surface area contributed by atoms with E-state index >= 15 is 0 Å². The Balaban J connectivity index is 1.55. The summed E-state index contributed by atoms with van der Waals surface area (Å²) in [7, 11) is 0. The van der Waals surface area contributed by atoms with Gasteiger partial charge in [-0.05, 0) is 49.2 Å². The number of aromatic nitrogens is 2. The van der Waals surface area contributed by atoms with Gasteiger partial charge in [0.25, 0.3) is 0 Å². The summed E-state index contributed by atoms with van der Waals surface area (Å²) in [5.41, 5.74) is 5.39. The smallest absolute Gasteiger partial charge is 0.137 e. The lowest BCUT2D eigenvalue weighted by molar-refractivity contribution is 0.199. The first kappa shape index (κ1) is 19.8. The molecule has 0 radical (unpaired) electrons. The first-order valence-electron chi connectivity index (χ1n) is 9.80. The highest BCUT2D eigenvalue weighted by Gasteiger charge is 2.22. The third kappa shape index (κ3) is 3.95. The van der Waals surface area contributed by atoms with E-state index in [0.29, 0.717) is 17.7 Å². The fourth-order valence-corrected chi connectivity index (χ4v) is 3.66. The number of aliphatic hydroxyl groups excluding tert-OH is 1. The van der Waals surface area contributed by atoms with Crippen LogP contribution in [0.5, 0.6) is 0 Å². The molecule has 1 aliphatic heterocycles. The minimum Gasteiger partial charge on any atom is -0.389 e. The monoisotopic (exact) mass is 403 g/mol. The van der Waals surface area contributed by atoms with Crippen molar-refractivity contribution < 1.29 is 9.50 Å². The maximum absolute atomic E-state index is 13.3. The topological polar surface area (TPSA) is 85.1 Å². The van der Waals surface area contributed by atoms with Crippen LogP contribution < -0.4 is 10.2 Å². The molecule has 4 rings (SSSR count). The third-order valence-corrected chi connectivity index (χ3v) is 5.38. The molecule has 2 aromatic carbocycles. The number of halogens is 1. The molecule has 3 aromatic rings. The van der Waals surface area contributed by atoms with Crippen LogP contribution in [0.25, 0.3) is 0 Å². The van der Waals surface area contributed by atoms with Crippen LogP contribution in [0.2, 0.25) is 0 Å². The van der Waals surface area contributed by atoms with Gasteiger partial charge in [0.1, 0.15) is 18.8 Å². The zero-order valence-electron chi connectivity index (χ0n) is 16.6. The number of rotatable bonds is 5. The molecule has 0 spiro atoms. The maximum Gasteiger partial charge on any atom is 0.137 e. The van der Waals surface area contributed by atoms with E-state index in [9.17, 15) is 9.50 Å². The van der Waals surface area contributed by atoms with Gasteiger partial charge in [-0.25, -0.2) is 14.4 Å². The lowest BCUT2D eigenvalue weighted by Gasteiger charge is -2.31. The van der Waals surface area contributed by atoms with Gasteiger partial charge in [0, 0.05) is 29.0 Å². The zero-order valence-corrected chi connectivity index (χ0v) is 16.6. The minimum absolute atomic E-state index is 0.370. The van der Waals surface area contributed by atoms with Crippen LogP contribution in [0, 0.1) is 11.3 Å². The molecule has 0 aliphatic carbocycles. The second-order valence-electron chi connectivity index (χ2n) is 7.33. The van der Waals surface area contributed by atoms with Crippen LogP contribution in [0.1, 0.15) is 41.0 Å². The first-order chi connectivity index (χ1) is 14.6. The van der Waals surface area contributed by atoms with E-state index in [1.165, 1.54) is 0 Å². The van der Waals surface area contributed by atoms with E-state index in [-0.39, 0.29) is 0 Å². The molecule has 1 aromatic heterocycles. The van der Waals surface area contributed by atoms with Gasteiger partial charge >= 0.3 is 0 Å². The Bertz CT molecular complexity index is 1090. The van der Waals surface area contributed by atoms with Crippen molar-refractivity contribution in [2.24, 2.45) is 0 Å². The summed E-state index contributed by atoms with van der Waals surface area (Å²) < 4.78 is 13.3. The number of benzene rings is 2. The predicted octanol–water partition coefficient (Wildman–Crippen LogP) is 4.18. The Morgan fingerprint density at radius 1 is 1.23 bits per heavy atom. The summed E-state index contributed by atoms with van der Waals surface area (Å²) in [5.74, 6) is 0.772. The van der Waals surface area contributed by atoms with Crippen LogP contribution in [0.15, 0.2) is 48.8 Å². The van der Waals surface area contributed by atoms with Crippen molar-refractivity contribution in [2.75, 3.05) is 16.8 Å². The van der Waals surface area contributed by atoms with Gasteiger partial charge < -0.3 is 15.3 Å². The summed E-state index contributed by atoms with van der Waals surface area (Å²) in [4.78, 5) is 11.0. The number of hydrogen-bond acceptors (Lipinski definition) is 6. The van der Waals surface area contributed by atoms with Crippen molar-refractivity contribution >= 4 is 17.2 Å². The SMILES string of the molecule is CC(O)c1ccc(Nc2ncnc3c2CCN(c2ccc(C#N)c(CF)c2)C3)cc1. The van der Waals surface area contributed by atoms with Crippen molar-refractivity contribution in [3.05, 3.63) is 76.7 Å². The number of alkyl halides is 1. The van der Waals surface area contributed by atoms with Gasteiger partial charge in [0.05, 0.1) is 30.0 Å². The van der Waals surface area contributed by atoms with E-state index in [1.807, 2.05) is 36.4 Å². The zero-order chi connectivity index (χ0) is 21.1. The molecule has 0 saturated carbocycles. The van der Waals surface area contributed by atoms with Crippen LogP contribution in [0.4, 0.5) is 21.6 Å². The molecule has 1 atom stereocenters. The van der Waals surface area contributed by atoms with Crippen molar-refractivity contribution in [3.63, 3.8) is 0 Å². The average Bonchev–Trinajstić information content (AvgIpc) is 2.78. The van der Waals surface area contributed by atoms with Crippen LogP contribution in [0.3, 0.4) is 0 Å². The molecule has 152 valence electrons. The third-order valence-electron chi connectivity index (χ3n) is 5.38. The molecule has 0 saturated heterocycles. The molecule has 6 nitrogen and oxygen atoms in total. The van der Waals surface area contributed by atoms with Crippen molar-refractivity contribution in [1.29, 1.82) is 5.26 Å². The molecular weight excluding hydrogens is 381 g/mol. The number of hydrogen-bond donors (Lipinski definition) is 2. The van der Waals surface area contributed by atoms with Crippen LogP contribution in [-0.2, 0) is 19.6 Å². The maximum atomic E-state index is 13.3. The highest BCUT2D eigenvalue weighted by atomic mass is 19.1. The van der Waals surface area contributed by atoms with E-state index in [0.717, 1.165) is 47.0 Å². The molecule has 0 fully saturated rings. The Kier molecular flexibility index (Phi) is 5.59. The van der Waals surface area contributed by atoms with Crippen LogP contribution in [-0.4, -0.2) is 21.6 Å². The summed E-state index contributed by atoms with van der Waals surface area (Å²) in [6.45, 7) is 2.41. The summed E-state index contributed by atoms with van der Waals surface area (Å²) >= 11 is 0. The van der Waals surface area contributed by atoms with Crippen molar-refractivity contribution in [2.45, 2.75) is 32.7 Å². The van der Waals surface area contributed by atoms with E-state index in [2.05, 4.69) is 20.2 Å². The number of nitrogens with zero attached hydrogens (tertiary/aromatic N) is 4. The van der Waals surface area contributed by atoms with E-state index in [4.69, 9.17) is 5.26 Å². The number of aliphatic hydroxyl groups is 1. The fourth-order valence-electron chi connectivity index (χ4n) is 3.66. The number of anilines is 3. The average molecular weight is 403 g/mol. The highest BCUT2D eigenvalue weighted by molar-refractivity contribution is 5.62. The molecule has 1 unspecified atom stereocenters. The second kappa shape index (κ2) is 8.47. The Morgan fingerprint density at radius 2 is 2.03 bits per heavy atom. The lowest BCUT2D eigenvalue weighted by atomic mass is 10.0. The van der Waals surface area contributed by atoms with Gasteiger partial charge in [-0.3, -0.25) is 0 Å². The number of fused-ring (bicyclic) bond motifs is 1. The largest absolute Gasteiger partial charge is 0.389 e. The number of nitrogens with one attached hydrogen (secondary N) is 1. The summed E-state index contributed by atoms with van der Waals surface area (Å²) in [6, 6.07) is 14.9. The Labute approximate surface area is 174 Å². The van der Waals surface area contributed by atoms with E-state index in [1.54, 1.807) is 25.4 Å². The summed E-state index contributed by atoms with van der Waals surface area (Å²) in [6.07, 6.45) is 1.78. The van der Waals surface area contributed by atoms with Crippen molar-refractivity contribution in [3.8, 4) is 6.07 Å². The first-order valence-corrected chi connectivity index (χ1v) is 9.80. The van der Waals surface area contributed by atoms with Gasteiger partial charge in [-0.15, -0.1) is 0 Å². The summed E-state index contributed by atoms with van der Waals surface area (Å²) in [5, 5.41) is 22.1. The van der Waals surface area contributed by atoms with Crippen molar-refractivity contribution in [1.82, 2.24) is 9.97 Å². The minimum atomic E-state index is -0.661. The molecule has 0 bridgehead atoms. The highest BCUT2D eigenvalue weighted by Crippen LogP contribution is 2.29. The molecular formula is C23H22FN5O. The lowest BCUT2D eigenvalue weighted by Crippen LogP contribution is -2.31. The predicted molar refractivity (Wildman–Crippen MR) is 113 cm³/mol. The van der Waals surface area contributed by atoms with Gasteiger partial charge in [-0.1, -0.05) is 12.1 Å². The molecule has 2 heterocycles. The Morgan fingerprint density at radius 3 is 2.73 bits per heavy atom. The van der Waals surface area contributed by atoms with Crippen LogP contribution >= 0.6 is 0 Å². The normalized spacial score (nSPS) is 14.0.